The number of anilines is 2. The lowest BCUT2D eigenvalue weighted by Gasteiger charge is -2.15. The zero-order chi connectivity index (χ0) is 18.6. The minimum absolute atomic E-state index is 0.119. The molecule has 2 aromatic carbocycles. The first-order chi connectivity index (χ1) is 11.8. The van der Waals surface area contributed by atoms with E-state index in [0.29, 0.717) is 16.3 Å². The molecule has 0 aromatic heterocycles. The van der Waals surface area contributed by atoms with Gasteiger partial charge in [0.2, 0.25) is 0 Å². The summed E-state index contributed by atoms with van der Waals surface area (Å²) in [6.07, 6.45) is -1.08. The molecule has 0 spiro atoms. The number of halogens is 1. The largest absolute Gasteiger partial charge is 0.449 e. The molecule has 0 unspecified atom stereocenters. The quantitative estimate of drug-likeness (QED) is 0.484. The summed E-state index contributed by atoms with van der Waals surface area (Å²) in [5.74, 6) is -1.49. The van der Waals surface area contributed by atoms with Crippen molar-refractivity contribution in [3.63, 3.8) is 0 Å². The van der Waals surface area contributed by atoms with E-state index in [1.165, 1.54) is 32.0 Å². The molecule has 0 bridgehead atoms. The molecule has 0 saturated heterocycles. The van der Waals surface area contributed by atoms with Gasteiger partial charge in [0.25, 0.3) is 5.91 Å². The van der Waals surface area contributed by atoms with E-state index in [-0.39, 0.29) is 17.0 Å². The van der Waals surface area contributed by atoms with Crippen molar-refractivity contribution in [1.82, 2.24) is 0 Å². The van der Waals surface area contributed by atoms with Crippen LogP contribution in [0.1, 0.15) is 34.6 Å². The molecule has 7 heteroatoms. The number of hydrogen-bond donors (Lipinski definition) is 2. The number of para-hydroxylation sites is 1. The van der Waals surface area contributed by atoms with E-state index in [4.69, 9.17) is 22.1 Å². The number of nitrogens with two attached hydrogens (primary N) is 1. The highest BCUT2D eigenvalue weighted by Crippen LogP contribution is 2.20. The molecule has 1 atom stereocenters. The van der Waals surface area contributed by atoms with E-state index in [2.05, 4.69) is 5.32 Å². The summed E-state index contributed by atoms with van der Waals surface area (Å²) in [5, 5.41) is 2.97. The second kappa shape index (κ2) is 7.81. The average Bonchev–Trinajstić information content (AvgIpc) is 2.54. The number of ether oxygens (including phenoxy) is 1. The second-order valence-electron chi connectivity index (χ2n) is 5.37. The zero-order valence-corrected chi connectivity index (χ0v) is 14.5. The molecule has 1 amide bonds. The van der Waals surface area contributed by atoms with Gasteiger partial charge in [-0.1, -0.05) is 23.7 Å². The van der Waals surface area contributed by atoms with Crippen LogP contribution in [0.2, 0.25) is 5.02 Å². The molecule has 0 aliphatic heterocycles. The third-order valence-electron chi connectivity index (χ3n) is 3.45. The van der Waals surface area contributed by atoms with Gasteiger partial charge in [-0.05, 0) is 44.2 Å². The zero-order valence-electron chi connectivity index (χ0n) is 13.7. The van der Waals surface area contributed by atoms with E-state index in [1.54, 1.807) is 24.3 Å². The molecule has 130 valence electrons. The Morgan fingerprint density at radius 2 is 1.80 bits per heavy atom. The van der Waals surface area contributed by atoms with Gasteiger partial charge in [-0.2, -0.15) is 0 Å². The van der Waals surface area contributed by atoms with Gasteiger partial charge in [-0.3, -0.25) is 9.59 Å². The van der Waals surface area contributed by atoms with Crippen molar-refractivity contribution in [2.75, 3.05) is 11.1 Å². The number of carbonyl (C=O) groups excluding carboxylic acids is 3. The van der Waals surface area contributed by atoms with Crippen molar-refractivity contribution in [2.24, 2.45) is 0 Å². The molecule has 0 aliphatic rings. The van der Waals surface area contributed by atoms with Crippen LogP contribution in [0.4, 0.5) is 11.4 Å². The molecule has 0 radical (unpaired) electrons. The number of esters is 1. The lowest BCUT2D eigenvalue weighted by molar-refractivity contribution is -0.123. The van der Waals surface area contributed by atoms with E-state index in [0.717, 1.165) is 0 Å². The Bertz CT molecular complexity index is 836. The smallest absolute Gasteiger partial charge is 0.341 e. The fourth-order valence-electron chi connectivity index (χ4n) is 2.13. The van der Waals surface area contributed by atoms with Gasteiger partial charge >= 0.3 is 5.97 Å². The first-order valence-electron chi connectivity index (χ1n) is 7.46. The van der Waals surface area contributed by atoms with Crippen molar-refractivity contribution < 1.29 is 19.1 Å². The molecule has 0 heterocycles. The molecule has 0 fully saturated rings. The predicted molar refractivity (Wildman–Crippen MR) is 95.8 cm³/mol. The van der Waals surface area contributed by atoms with Crippen molar-refractivity contribution in [2.45, 2.75) is 20.0 Å². The number of hydrogen-bond acceptors (Lipinski definition) is 5. The van der Waals surface area contributed by atoms with Gasteiger partial charge in [0.05, 0.1) is 11.3 Å². The standard InChI is InChI=1S/C18H17ClN2O4/c1-10(22)13-5-3-4-6-16(13)21-17(23)11(2)25-18(24)14-8-7-12(19)9-15(14)20/h3-9,11H,20H2,1-2H3,(H,21,23)/t11-/m0/s1. The normalized spacial score (nSPS) is 11.5. The SMILES string of the molecule is CC(=O)c1ccccc1NC(=O)[C@H](C)OC(=O)c1ccc(Cl)cc1N. The Kier molecular flexibility index (Phi) is 5.77. The number of ketones is 1. The fourth-order valence-corrected chi connectivity index (χ4v) is 2.31. The number of carbonyl (C=O) groups is 3. The van der Waals surface area contributed by atoms with Crippen LogP contribution in [0.3, 0.4) is 0 Å². The van der Waals surface area contributed by atoms with Gasteiger partial charge in [0.15, 0.2) is 11.9 Å². The maximum absolute atomic E-state index is 12.2. The molecule has 6 nitrogen and oxygen atoms in total. The molecule has 25 heavy (non-hydrogen) atoms. The number of benzene rings is 2. The van der Waals surface area contributed by atoms with Crippen LogP contribution < -0.4 is 11.1 Å². The first kappa shape index (κ1) is 18.5. The fraction of sp³-hybridized carbons (Fsp3) is 0.167. The van der Waals surface area contributed by atoms with Crippen molar-refractivity contribution in [3.05, 3.63) is 58.6 Å². The topological polar surface area (TPSA) is 98.5 Å². The van der Waals surface area contributed by atoms with Crippen molar-refractivity contribution in [3.8, 4) is 0 Å². The van der Waals surface area contributed by atoms with Gasteiger partial charge in [-0.15, -0.1) is 0 Å². The van der Waals surface area contributed by atoms with Crippen LogP contribution >= 0.6 is 11.6 Å². The van der Waals surface area contributed by atoms with E-state index < -0.39 is 18.0 Å². The third-order valence-corrected chi connectivity index (χ3v) is 3.69. The molecular formula is C18H17ClN2O4. The molecule has 2 aromatic rings. The predicted octanol–water partition coefficient (Wildman–Crippen LogP) is 3.31. The number of nitrogens with one attached hydrogen (secondary N) is 1. The highest BCUT2D eigenvalue weighted by atomic mass is 35.5. The molecule has 3 N–H and O–H groups in total. The van der Waals surface area contributed by atoms with Gasteiger partial charge in [0.1, 0.15) is 0 Å². The summed E-state index contributed by atoms with van der Waals surface area (Å²) in [6, 6.07) is 10.9. The Hall–Kier alpha value is -2.86. The number of nitrogen functional groups attached to an aromatic ring is 1. The summed E-state index contributed by atoms with van der Waals surface area (Å²) in [5.41, 5.74) is 6.73. The molecule has 0 saturated carbocycles. The minimum Gasteiger partial charge on any atom is -0.449 e. The molecule has 2 rings (SSSR count). The number of rotatable bonds is 5. The third kappa shape index (κ3) is 4.58. The van der Waals surface area contributed by atoms with Crippen LogP contribution in [0.15, 0.2) is 42.5 Å². The first-order valence-corrected chi connectivity index (χ1v) is 7.84. The van der Waals surface area contributed by atoms with Crippen LogP contribution in [0.25, 0.3) is 0 Å². The van der Waals surface area contributed by atoms with E-state index in [9.17, 15) is 14.4 Å². The lowest BCUT2D eigenvalue weighted by atomic mass is 10.1. The highest BCUT2D eigenvalue weighted by molar-refractivity contribution is 6.31. The number of amides is 1. The second-order valence-corrected chi connectivity index (χ2v) is 5.81. The molecule has 0 aliphatic carbocycles. The maximum atomic E-state index is 12.2. The average molecular weight is 361 g/mol. The van der Waals surface area contributed by atoms with Crippen molar-refractivity contribution in [1.29, 1.82) is 0 Å². The Balaban J connectivity index is 2.08. The lowest BCUT2D eigenvalue weighted by Crippen LogP contribution is -2.30. The Labute approximate surface area is 149 Å². The maximum Gasteiger partial charge on any atom is 0.341 e. The van der Waals surface area contributed by atoms with Gasteiger partial charge in [0, 0.05) is 16.3 Å². The van der Waals surface area contributed by atoms with Crippen LogP contribution in [-0.2, 0) is 9.53 Å². The monoisotopic (exact) mass is 360 g/mol. The van der Waals surface area contributed by atoms with Crippen molar-refractivity contribution >= 4 is 40.6 Å². The summed E-state index contributed by atoms with van der Waals surface area (Å²) in [4.78, 5) is 36.0. The molecular weight excluding hydrogens is 344 g/mol. The highest BCUT2D eigenvalue weighted by Gasteiger charge is 2.21. The van der Waals surface area contributed by atoms with Gasteiger partial charge in [-0.25, -0.2) is 4.79 Å². The summed E-state index contributed by atoms with van der Waals surface area (Å²) < 4.78 is 5.13. The van der Waals surface area contributed by atoms with E-state index >= 15 is 0 Å². The van der Waals surface area contributed by atoms with Crippen LogP contribution in [0, 0.1) is 0 Å². The van der Waals surface area contributed by atoms with Gasteiger partial charge < -0.3 is 15.8 Å². The summed E-state index contributed by atoms with van der Waals surface area (Å²) >= 11 is 5.78. The summed E-state index contributed by atoms with van der Waals surface area (Å²) in [6.45, 7) is 2.83. The minimum atomic E-state index is -1.08. The Morgan fingerprint density at radius 3 is 2.44 bits per heavy atom. The van der Waals surface area contributed by atoms with Crippen LogP contribution in [0.5, 0.6) is 0 Å². The van der Waals surface area contributed by atoms with Crippen LogP contribution in [-0.4, -0.2) is 23.8 Å². The number of Topliss-reactive ketones (excluding diaryl/α,β-unsaturated/α-hetero) is 1. The Morgan fingerprint density at radius 1 is 1.12 bits per heavy atom. The summed E-state index contributed by atoms with van der Waals surface area (Å²) in [7, 11) is 0. The van der Waals surface area contributed by atoms with E-state index in [1.807, 2.05) is 0 Å².